The molecule has 0 radical (unpaired) electrons. The largest absolute Gasteiger partial charge is 0.353 e. The summed E-state index contributed by atoms with van der Waals surface area (Å²) in [6.45, 7) is 2.04. The van der Waals surface area contributed by atoms with E-state index < -0.39 is 0 Å². The van der Waals surface area contributed by atoms with Gasteiger partial charge in [-0.05, 0) is 30.7 Å². The van der Waals surface area contributed by atoms with Crippen LogP contribution in [0.15, 0.2) is 58.3 Å². The maximum atomic E-state index is 3.52. The van der Waals surface area contributed by atoms with Gasteiger partial charge < -0.3 is 5.32 Å². The molecule has 1 aliphatic rings. The van der Waals surface area contributed by atoms with E-state index in [0.717, 1.165) is 0 Å². The zero-order valence-corrected chi connectivity index (χ0v) is 10.4. The second kappa shape index (κ2) is 4.30. The highest BCUT2D eigenvalue weighted by atomic mass is 32.2. The van der Waals surface area contributed by atoms with Crippen LogP contribution in [0.2, 0.25) is 0 Å². The van der Waals surface area contributed by atoms with E-state index in [1.54, 1.807) is 0 Å². The standard InChI is InChI=1S/C15H13NS/c1-2-6-11-7-5-10-14-15(11)16-12-8-3-4-9-13(12)17-14/h2-10,16H,1H3. The fourth-order valence-corrected chi connectivity index (χ4v) is 3.03. The molecule has 0 fully saturated rings. The third-order valence-corrected chi connectivity index (χ3v) is 3.91. The van der Waals surface area contributed by atoms with E-state index in [2.05, 4.69) is 59.9 Å². The van der Waals surface area contributed by atoms with Crippen molar-refractivity contribution in [2.24, 2.45) is 0 Å². The molecule has 0 aliphatic carbocycles. The first kappa shape index (κ1) is 10.5. The fourth-order valence-electron chi connectivity index (χ4n) is 2.00. The summed E-state index contributed by atoms with van der Waals surface area (Å²) >= 11 is 1.83. The van der Waals surface area contributed by atoms with Crippen molar-refractivity contribution in [3.63, 3.8) is 0 Å². The van der Waals surface area contributed by atoms with Crippen LogP contribution >= 0.6 is 11.8 Å². The van der Waals surface area contributed by atoms with Crippen molar-refractivity contribution in [1.29, 1.82) is 0 Å². The smallest absolute Gasteiger partial charge is 0.0599 e. The molecule has 0 saturated carbocycles. The van der Waals surface area contributed by atoms with Gasteiger partial charge in [0.2, 0.25) is 0 Å². The minimum absolute atomic E-state index is 1.20. The predicted octanol–water partition coefficient (Wildman–Crippen LogP) is 4.93. The second-order valence-electron chi connectivity index (χ2n) is 3.94. The summed E-state index contributed by atoms with van der Waals surface area (Å²) < 4.78 is 0. The van der Waals surface area contributed by atoms with Crippen molar-refractivity contribution in [1.82, 2.24) is 0 Å². The number of anilines is 2. The van der Waals surface area contributed by atoms with Crippen molar-refractivity contribution in [2.75, 3.05) is 5.32 Å². The van der Waals surface area contributed by atoms with Crippen molar-refractivity contribution >= 4 is 29.2 Å². The van der Waals surface area contributed by atoms with E-state index in [1.165, 1.54) is 26.7 Å². The zero-order chi connectivity index (χ0) is 11.7. The van der Waals surface area contributed by atoms with Crippen LogP contribution in [0.25, 0.3) is 6.08 Å². The molecule has 0 amide bonds. The Bertz CT molecular complexity index is 587. The van der Waals surface area contributed by atoms with Crippen molar-refractivity contribution in [2.45, 2.75) is 16.7 Å². The summed E-state index contributed by atoms with van der Waals surface area (Å²) in [5.74, 6) is 0. The lowest BCUT2D eigenvalue weighted by atomic mass is 10.1. The van der Waals surface area contributed by atoms with Gasteiger partial charge in [-0.25, -0.2) is 0 Å². The summed E-state index contributed by atoms with van der Waals surface area (Å²) in [7, 11) is 0. The van der Waals surface area contributed by atoms with Crippen LogP contribution in [0, 0.1) is 0 Å². The summed E-state index contributed by atoms with van der Waals surface area (Å²) in [5, 5.41) is 3.52. The van der Waals surface area contributed by atoms with Gasteiger partial charge in [-0.1, -0.05) is 48.2 Å². The number of benzene rings is 2. The normalized spacial score (nSPS) is 13.0. The number of fused-ring (bicyclic) bond motifs is 2. The molecule has 0 unspecified atom stereocenters. The quantitative estimate of drug-likeness (QED) is 0.646. The van der Waals surface area contributed by atoms with E-state index in [0.29, 0.717) is 0 Å². The summed E-state index contributed by atoms with van der Waals surface area (Å²) in [6.07, 6.45) is 4.21. The minimum Gasteiger partial charge on any atom is -0.353 e. The third-order valence-electron chi connectivity index (χ3n) is 2.77. The van der Waals surface area contributed by atoms with E-state index >= 15 is 0 Å². The van der Waals surface area contributed by atoms with Gasteiger partial charge in [0.25, 0.3) is 0 Å². The Morgan fingerprint density at radius 2 is 1.82 bits per heavy atom. The molecule has 0 bridgehead atoms. The van der Waals surface area contributed by atoms with E-state index in [4.69, 9.17) is 0 Å². The molecule has 1 heterocycles. The maximum absolute atomic E-state index is 3.52. The Balaban J connectivity index is 2.11. The fraction of sp³-hybridized carbons (Fsp3) is 0.0667. The molecule has 2 heteroatoms. The van der Waals surface area contributed by atoms with Gasteiger partial charge in [-0.2, -0.15) is 0 Å². The molecule has 0 saturated heterocycles. The van der Waals surface area contributed by atoms with Gasteiger partial charge in [0.05, 0.1) is 11.4 Å². The molecule has 2 aromatic carbocycles. The van der Waals surface area contributed by atoms with Crippen molar-refractivity contribution in [3.05, 3.63) is 54.1 Å². The number of allylic oxidation sites excluding steroid dienone is 1. The number of nitrogens with one attached hydrogen (secondary N) is 1. The van der Waals surface area contributed by atoms with E-state index in [9.17, 15) is 0 Å². The molecule has 2 aromatic rings. The molecule has 1 nitrogen and oxygen atoms in total. The molecule has 3 rings (SSSR count). The van der Waals surface area contributed by atoms with Crippen molar-refractivity contribution in [3.8, 4) is 0 Å². The van der Waals surface area contributed by atoms with Gasteiger partial charge >= 0.3 is 0 Å². The average Bonchev–Trinajstić information content (AvgIpc) is 2.37. The Kier molecular flexibility index (Phi) is 2.65. The van der Waals surface area contributed by atoms with Crippen LogP contribution < -0.4 is 5.32 Å². The average molecular weight is 239 g/mol. The second-order valence-corrected chi connectivity index (χ2v) is 5.03. The predicted molar refractivity (Wildman–Crippen MR) is 75.0 cm³/mol. The Hall–Kier alpha value is -1.67. The maximum Gasteiger partial charge on any atom is 0.0599 e. The van der Waals surface area contributed by atoms with Crippen LogP contribution in [0.3, 0.4) is 0 Å². The lowest BCUT2D eigenvalue weighted by molar-refractivity contribution is 1.31. The SMILES string of the molecule is CC=Cc1cccc2c1Nc1ccccc1S2. The molecular formula is C15H13NS. The first-order valence-electron chi connectivity index (χ1n) is 5.68. The van der Waals surface area contributed by atoms with Crippen LogP contribution in [-0.4, -0.2) is 0 Å². The van der Waals surface area contributed by atoms with Gasteiger partial charge in [0, 0.05) is 9.79 Å². The lowest BCUT2D eigenvalue weighted by Crippen LogP contribution is -2.01. The zero-order valence-electron chi connectivity index (χ0n) is 9.60. The molecule has 17 heavy (non-hydrogen) atoms. The lowest BCUT2D eigenvalue weighted by Gasteiger charge is -2.22. The van der Waals surface area contributed by atoms with E-state index in [-0.39, 0.29) is 0 Å². The van der Waals surface area contributed by atoms with Crippen LogP contribution in [0.1, 0.15) is 12.5 Å². The van der Waals surface area contributed by atoms with Gasteiger partial charge in [0.15, 0.2) is 0 Å². The topological polar surface area (TPSA) is 12.0 Å². The number of hydrogen-bond donors (Lipinski definition) is 1. The third kappa shape index (κ3) is 1.85. The molecule has 0 aromatic heterocycles. The van der Waals surface area contributed by atoms with E-state index in [1.807, 2.05) is 18.7 Å². The number of para-hydroxylation sites is 2. The van der Waals surface area contributed by atoms with Crippen molar-refractivity contribution < 1.29 is 0 Å². The van der Waals surface area contributed by atoms with Crippen LogP contribution in [-0.2, 0) is 0 Å². The highest BCUT2D eigenvalue weighted by molar-refractivity contribution is 7.99. The highest BCUT2D eigenvalue weighted by Gasteiger charge is 2.16. The summed E-state index contributed by atoms with van der Waals surface area (Å²) in [4.78, 5) is 2.58. The highest BCUT2D eigenvalue weighted by Crippen LogP contribution is 2.45. The molecular weight excluding hydrogens is 226 g/mol. The summed E-state index contributed by atoms with van der Waals surface area (Å²) in [6, 6.07) is 14.8. The number of hydrogen-bond acceptors (Lipinski definition) is 2. The van der Waals surface area contributed by atoms with Crippen LogP contribution in [0.5, 0.6) is 0 Å². The Morgan fingerprint density at radius 3 is 2.71 bits per heavy atom. The Labute approximate surface area is 106 Å². The molecule has 84 valence electrons. The summed E-state index contributed by atoms with van der Waals surface area (Å²) in [5.41, 5.74) is 3.66. The van der Waals surface area contributed by atoms with Gasteiger partial charge in [-0.15, -0.1) is 0 Å². The molecule has 0 spiro atoms. The minimum atomic E-state index is 1.20. The molecule has 1 aliphatic heterocycles. The van der Waals surface area contributed by atoms with Gasteiger partial charge in [-0.3, -0.25) is 0 Å². The Morgan fingerprint density at radius 1 is 1.00 bits per heavy atom. The first-order chi connectivity index (χ1) is 8.38. The molecule has 1 N–H and O–H groups in total. The van der Waals surface area contributed by atoms with Gasteiger partial charge in [0.1, 0.15) is 0 Å². The molecule has 0 atom stereocenters. The monoisotopic (exact) mass is 239 g/mol. The first-order valence-corrected chi connectivity index (χ1v) is 6.50. The number of rotatable bonds is 1. The van der Waals surface area contributed by atoms with Crippen LogP contribution in [0.4, 0.5) is 11.4 Å².